The Labute approximate surface area is 118 Å². The zero-order chi connectivity index (χ0) is 15.6. The second-order valence-corrected chi connectivity index (χ2v) is 4.56. The van der Waals surface area contributed by atoms with Crippen LogP contribution in [0.5, 0.6) is 5.75 Å². The summed E-state index contributed by atoms with van der Waals surface area (Å²) in [6, 6.07) is 6.15. The van der Waals surface area contributed by atoms with Gasteiger partial charge in [-0.15, -0.1) is 0 Å². The van der Waals surface area contributed by atoms with Crippen molar-refractivity contribution in [1.29, 1.82) is 0 Å². The van der Waals surface area contributed by atoms with E-state index in [-0.39, 0.29) is 17.1 Å². The van der Waals surface area contributed by atoms with Gasteiger partial charge in [-0.05, 0) is 24.6 Å². The highest BCUT2D eigenvalue weighted by atomic mass is 19.1. The number of halogens is 1. The second-order valence-electron chi connectivity index (χ2n) is 4.56. The van der Waals surface area contributed by atoms with Gasteiger partial charge in [-0.25, -0.2) is 9.18 Å². The SMILES string of the molecule is Cc1cc(O)c([C@H](C[N+](=O)[O-])c2ccc(F)cc2)c(=O)o1. The number of hydrogen-bond donors (Lipinski definition) is 1. The lowest BCUT2D eigenvalue weighted by Crippen LogP contribution is -2.21. The summed E-state index contributed by atoms with van der Waals surface area (Å²) >= 11 is 0. The van der Waals surface area contributed by atoms with Gasteiger partial charge in [0.05, 0.1) is 11.5 Å². The summed E-state index contributed by atoms with van der Waals surface area (Å²) in [6.07, 6.45) is 0. The molecule has 7 heteroatoms. The van der Waals surface area contributed by atoms with Gasteiger partial charge in [0.2, 0.25) is 6.54 Å². The molecule has 0 aliphatic carbocycles. The summed E-state index contributed by atoms with van der Waals surface area (Å²) < 4.78 is 17.8. The largest absolute Gasteiger partial charge is 0.507 e. The van der Waals surface area contributed by atoms with Crippen molar-refractivity contribution in [2.45, 2.75) is 12.8 Å². The molecule has 1 heterocycles. The Morgan fingerprint density at radius 2 is 2.00 bits per heavy atom. The normalized spacial score (nSPS) is 12.1. The van der Waals surface area contributed by atoms with E-state index in [9.17, 15) is 24.4 Å². The van der Waals surface area contributed by atoms with E-state index in [1.807, 2.05) is 0 Å². The molecule has 0 aliphatic heterocycles. The highest BCUT2D eigenvalue weighted by molar-refractivity contribution is 5.39. The monoisotopic (exact) mass is 293 g/mol. The molecule has 0 radical (unpaired) electrons. The molecular weight excluding hydrogens is 281 g/mol. The lowest BCUT2D eigenvalue weighted by molar-refractivity contribution is -0.481. The average Bonchev–Trinajstić information content (AvgIpc) is 2.37. The highest BCUT2D eigenvalue weighted by Gasteiger charge is 2.27. The van der Waals surface area contributed by atoms with Gasteiger partial charge >= 0.3 is 5.63 Å². The van der Waals surface area contributed by atoms with Crippen molar-refractivity contribution in [3.63, 3.8) is 0 Å². The van der Waals surface area contributed by atoms with Gasteiger partial charge in [-0.2, -0.15) is 0 Å². The predicted molar refractivity (Wildman–Crippen MR) is 71.5 cm³/mol. The molecule has 0 spiro atoms. The van der Waals surface area contributed by atoms with Crippen molar-refractivity contribution in [3.8, 4) is 5.75 Å². The minimum Gasteiger partial charge on any atom is -0.507 e. The van der Waals surface area contributed by atoms with Crippen molar-refractivity contribution in [1.82, 2.24) is 0 Å². The quantitative estimate of drug-likeness (QED) is 0.689. The fraction of sp³-hybridized carbons (Fsp3) is 0.214. The van der Waals surface area contributed by atoms with Gasteiger partial charge in [0.1, 0.15) is 17.3 Å². The van der Waals surface area contributed by atoms with Crippen molar-refractivity contribution < 1.29 is 18.8 Å². The van der Waals surface area contributed by atoms with Gasteiger partial charge in [0.25, 0.3) is 0 Å². The molecule has 1 aromatic heterocycles. The van der Waals surface area contributed by atoms with E-state index in [0.717, 1.165) is 12.1 Å². The van der Waals surface area contributed by atoms with Gasteiger partial charge < -0.3 is 9.52 Å². The molecule has 1 aromatic carbocycles. The third-order valence-corrected chi connectivity index (χ3v) is 3.04. The number of nitro groups is 1. The Hall–Kier alpha value is -2.70. The van der Waals surface area contributed by atoms with Crippen LogP contribution in [0.15, 0.2) is 39.5 Å². The molecule has 0 unspecified atom stereocenters. The topological polar surface area (TPSA) is 93.6 Å². The van der Waals surface area contributed by atoms with E-state index in [1.165, 1.54) is 25.1 Å². The first-order valence-electron chi connectivity index (χ1n) is 6.09. The van der Waals surface area contributed by atoms with Crippen molar-refractivity contribution in [3.05, 3.63) is 73.6 Å². The molecule has 21 heavy (non-hydrogen) atoms. The first-order chi connectivity index (χ1) is 9.88. The van der Waals surface area contributed by atoms with Gasteiger partial charge in [0, 0.05) is 11.0 Å². The first kappa shape index (κ1) is 14.7. The Balaban J connectivity index is 2.58. The van der Waals surface area contributed by atoms with Crippen molar-refractivity contribution in [2.24, 2.45) is 0 Å². The minimum atomic E-state index is -1.02. The smallest absolute Gasteiger partial charge is 0.343 e. The van der Waals surface area contributed by atoms with E-state index in [2.05, 4.69) is 0 Å². The third kappa shape index (κ3) is 3.25. The van der Waals surface area contributed by atoms with E-state index in [4.69, 9.17) is 4.42 Å². The number of aryl methyl sites for hydroxylation is 1. The van der Waals surface area contributed by atoms with Gasteiger partial charge in [-0.1, -0.05) is 12.1 Å². The molecule has 1 N–H and O–H groups in total. The van der Waals surface area contributed by atoms with Crippen LogP contribution in [0.1, 0.15) is 22.8 Å². The van der Waals surface area contributed by atoms with Crippen LogP contribution in [0.4, 0.5) is 4.39 Å². The summed E-state index contributed by atoms with van der Waals surface area (Å²) in [5.41, 5.74) is -0.702. The van der Waals surface area contributed by atoms with Crippen LogP contribution in [0.3, 0.4) is 0 Å². The maximum Gasteiger partial charge on any atom is 0.343 e. The molecule has 6 nitrogen and oxygen atoms in total. The molecule has 0 amide bonds. The molecule has 110 valence electrons. The first-order valence-corrected chi connectivity index (χ1v) is 6.09. The third-order valence-electron chi connectivity index (χ3n) is 3.04. The van der Waals surface area contributed by atoms with Gasteiger partial charge in [0.15, 0.2) is 0 Å². The van der Waals surface area contributed by atoms with Crippen LogP contribution >= 0.6 is 0 Å². The summed E-state index contributed by atoms with van der Waals surface area (Å²) in [4.78, 5) is 22.1. The van der Waals surface area contributed by atoms with Crippen LogP contribution < -0.4 is 5.63 Å². The summed E-state index contributed by atoms with van der Waals surface area (Å²) in [5.74, 6) is -1.70. The van der Waals surface area contributed by atoms with Crippen molar-refractivity contribution >= 4 is 0 Å². The Morgan fingerprint density at radius 3 is 2.52 bits per heavy atom. The van der Waals surface area contributed by atoms with E-state index < -0.39 is 28.8 Å². The molecular formula is C14H12FNO5. The molecule has 0 aliphatic rings. The standard InChI is InChI=1S/C14H12FNO5/c1-8-6-12(17)13(14(18)21-8)11(7-16(19)20)9-2-4-10(15)5-3-9/h2-6,11,17H,7H2,1H3/t11-/m1/s1. The fourth-order valence-electron chi connectivity index (χ4n) is 2.13. The maximum absolute atomic E-state index is 13.0. The number of rotatable bonds is 4. The number of nitrogens with zero attached hydrogens (tertiary/aromatic N) is 1. The van der Waals surface area contributed by atoms with Crippen molar-refractivity contribution in [2.75, 3.05) is 6.54 Å². The van der Waals surface area contributed by atoms with Crippen LogP contribution in [0.2, 0.25) is 0 Å². The maximum atomic E-state index is 13.0. The van der Waals surface area contributed by atoms with Crippen LogP contribution in [0, 0.1) is 22.9 Å². The predicted octanol–water partition coefficient (Wildman–Crippen LogP) is 2.20. The molecule has 1 atom stereocenters. The molecule has 0 bridgehead atoms. The molecule has 2 aromatic rings. The number of aromatic hydroxyl groups is 1. The van der Waals surface area contributed by atoms with E-state index >= 15 is 0 Å². The Morgan fingerprint density at radius 1 is 1.38 bits per heavy atom. The minimum absolute atomic E-state index is 0.195. The summed E-state index contributed by atoms with van der Waals surface area (Å²) in [6.45, 7) is 0.859. The van der Waals surface area contributed by atoms with Crippen LogP contribution in [-0.4, -0.2) is 16.6 Å². The molecule has 0 fully saturated rings. The fourth-order valence-corrected chi connectivity index (χ4v) is 2.13. The zero-order valence-corrected chi connectivity index (χ0v) is 11.1. The summed E-state index contributed by atoms with van der Waals surface area (Å²) in [5, 5.41) is 20.7. The molecule has 0 saturated heterocycles. The average molecular weight is 293 g/mol. The second kappa shape index (κ2) is 5.74. The van der Waals surface area contributed by atoms with E-state index in [0.29, 0.717) is 5.56 Å². The molecule has 2 rings (SSSR count). The van der Waals surface area contributed by atoms with E-state index in [1.54, 1.807) is 0 Å². The number of hydrogen-bond acceptors (Lipinski definition) is 5. The highest BCUT2D eigenvalue weighted by Crippen LogP contribution is 2.29. The van der Waals surface area contributed by atoms with Crippen LogP contribution in [-0.2, 0) is 0 Å². The lowest BCUT2D eigenvalue weighted by atomic mass is 9.91. The van der Waals surface area contributed by atoms with Gasteiger partial charge in [-0.3, -0.25) is 10.1 Å². The zero-order valence-electron chi connectivity index (χ0n) is 11.1. The lowest BCUT2D eigenvalue weighted by Gasteiger charge is -2.14. The molecule has 0 saturated carbocycles. The Kier molecular flexibility index (Phi) is 4.02. The summed E-state index contributed by atoms with van der Waals surface area (Å²) in [7, 11) is 0. The van der Waals surface area contributed by atoms with Crippen LogP contribution in [0.25, 0.3) is 0 Å². The number of benzene rings is 1. The Bertz CT molecular complexity index is 723.